The van der Waals surface area contributed by atoms with Crippen LogP contribution in [0.3, 0.4) is 0 Å². The number of carbonyl (C=O) groups excluding carboxylic acids is 1. The second kappa shape index (κ2) is 7.27. The van der Waals surface area contributed by atoms with Crippen LogP contribution in [0, 0.1) is 6.92 Å². The summed E-state index contributed by atoms with van der Waals surface area (Å²) in [6.45, 7) is 4.96. The molecule has 0 bridgehead atoms. The maximum absolute atomic E-state index is 13.1. The Labute approximate surface area is 167 Å². The van der Waals surface area contributed by atoms with Crippen LogP contribution < -0.4 is 9.64 Å². The number of anilines is 1. The second-order valence-electron chi connectivity index (χ2n) is 6.77. The highest BCUT2D eigenvalue weighted by Gasteiger charge is 2.26. The number of amides is 1. The number of ether oxygens (including phenoxy) is 1. The smallest absolute Gasteiger partial charge is 0.270 e. The summed E-state index contributed by atoms with van der Waals surface area (Å²) >= 11 is 3.50. The SMILES string of the molecule is COc1ccccc1N1CCN(C(=O)c2[nH]c3ccc(Br)cc3c2C)CC1. The summed E-state index contributed by atoms with van der Waals surface area (Å²) in [5.41, 5.74) is 3.77. The number of hydrogen-bond donors (Lipinski definition) is 1. The van der Waals surface area contributed by atoms with Gasteiger partial charge in [0.25, 0.3) is 5.91 Å². The first-order valence-corrected chi connectivity index (χ1v) is 9.83. The highest BCUT2D eigenvalue weighted by atomic mass is 79.9. The molecule has 0 atom stereocenters. The number of nitrogens with zero attached hydrogens (tertiary/aromatic N) is 2. The lowest BCUT2D eigenvalue weighted by molar-refractivity contribution is 0.0741. The predicted molar refractivity (Wildman–Crippen MR) is 112 cm³/mol. The van der Waals surface area contributed by atoms with Crippen molar-refractivity contribution >= 4 is 38.4 Å². The van der Waals surface area contributed by atoms with Crippen LogP contribution in [0.2, 0.25) is 0 Å². The molecular formula is C21H22BrN3O2. The van der Waals surface area contributed by atoms with Crippen molar-refractivity contribution < 1.29 is 9.53 Å². The number of fused-ring (bicyclic) bond motifs is 1. The molecule has 1 aromatic heterocycles. The molecule has 1 saturated heterocycles. The van der Waals surface area contributed by atoms with Crippen LogP contribution in [0.25, 0.3) is 10.9 Å². The van der Waals surface area contributed by atoms with E-state index in [9.17, 15) is 4.79 Å². The van der Waals surface area contributed by atoms with Crippen LogP contribution in [0.5, 0.6) is 5.75 Å². The van der Waals surface area contributed by atoms with Gasteiger partial charge in [0.1, 0.15) is 11.4 Å². The van der Waals surface area contributed by atoms with Crippen LogP contribution in [-0.2, 0) is 0 Å². The molecule has 0 saturated carbocycles. The Balaban J connectivity index is 1.51. The molecule has 1 aliphatic heterocycles. The number of H-pyrrole nitrogens is 1. The number of aromatic amines is 1. The zero-order valence-corrected chi connectivity index (χ0v) is 17.0. The molecule has 1 aliphatic rings. The van der Waals surface area contributed by atoms with Gasteiger partial charge < -0.3 is 19.5 Å². The maximum Gasteiger partial charge on any atom is 0.270 e. The number of aryl methyl sites for hydroxylation is 1. The normalized spacial score (nSPS) is 14.6. The zero-order valence-electron chi connectivity index (χ0n) is 15.5. The predicted octanol–water partition coefficient (Wildman–Crippen LogP) is 4.21. The van der Waals surface area contributed by atoms with Gasteiger partial charge in [0.05, 0.1) is 12.8 Å². The molecule has 2 aromatic carbocycles. The first-order chi connectivity index (χ1) is 13.1. The summed E-state index contributed by atoms with van der Waals surface area (Å²) in [5, 5.41) is 1.08. The molecule has 27 heavy (non-hydrogen) atoms. The fraction of sp³-hybridized carbons (Fsp3) is 0.286. The number of piperazine rings is 1. The first-order valence-electron chi connectivity index (χ1n) is 9.03. The number of methoxy groups -OCH3 is 1. The second-order valence-corrected chi connectivity index (χ2v) is 7.68. The molecule has 1 amide bonds. The van der Waals surface area contributed by atoms with Gasteiger partial charge in [0, 0.05) is 41.6 Å². The molecule has 1 N–H and O–H groups in total. The van der Waals surface area contributed by atoms with Crippen LogP contribution in [0.4, 0.5) is 5.69 Å². The summed E-state index contributed by atoms with van der Waals surface area (Å²) in [5.74, 6) is 0.939. The van der Waals surface area contributed by atoms with E-state index in [1.807, 2.05) is 42.2 Å². The van der Waals surface area contributed by atoms with Crippen LogP contribution in [0.1, 0.15) is 16.1 Å². The van der Waals surface area contributed by atoms with Crippen molar-refractivity contribution in [3.05, 3.63) is 58.2 Å². The van der Waals surface area contributed by atoms with Crippen molar-refractivity contribution in [2.45, 2.75) is 6.92 Å². The Morgan fingerprint density at radius 3 is 2.59 bits per heavy atom. The van der Waals surface area contributed by atoms with Gasteiger partial charge in [-0.05, 0) is 42.8 Å². The summed E-state index contributed by atoms with van der Waals surface area (Å²) in [7, 11) is 1.69. The van der Waals surface area contributed by atoms with E-state index >= 15 is 0 Å². The summed E-state index contributed by atoms with van der Waals surface area (Å²) < 4.78 is 6.49. The molecule has 1 fully saturated rings. The van der Waals surface area contributed by atoms with Gasteiger partial charge in [-0.25, -0.2) is 0 Å². The van der Waals surface area contributed by atoms with Gasteiger partial charge in [-0.3, -0.25) is 4.79 Å². The Morgan fingerprint density at radius 1 is 1.11 bits per heavy atom. The van der Waals surface area contributed by atoms with Gasteiger partial charge in [0.15, 0.2) is 0 Å². The van der Waals surface area contributed by atoms with Crippen molar-refractivity contribution in [3.63, 3.8) is 0 Å². The number of benzene rings is 2. The highest BCUT2D eigenvalue weighted by Crippen LogP contribution is 2.29. The number of carbonyl (C=O) groups is 1. The third-order valence-corrected chi connectivity index (χ3v) is 5.72. The van der Waals surface area contributed by atoms with Crippen molar-refractivity contribution in [2.24, 2.45) is 0 Å². The summed E-state index contributed by atoms with van der Waals surface area (Å²) in [4.78, 5) is 20.6. The number of para-hydroxylation sites is 2. The Hall–Kier alpha value is -2.47. The van der Waals surface area contributed by atoms with E-state index < -0.39 is 0 Å². The maximum atomic E-state index is 13.1. The fourth-order valence-electron chi connectivity index (χ4n) is 3.71. The van der Waals surface area contributed by atoms with E-state index in [0.717, 1.165) is 45.5 Å². The molecule has 6 heteroatoms. The average Bonchev–Trinajstić information content (AvgIpc) is 3.03. The van der Waals surface area contributed by atoms with E-state index in [1.165, 1.54) is 0 Å². The van der Waals surface area contributed by atoms with Gasteiger partial charge >= 0.3 is 0 Å². The van der Waals surface area contributed by atoms with Gasteiger partial charge in [-0.15, -0.1) is 0 Å². The Bertz CT molecular complexity index is 990. The zero-order chi connectivity index (χ0) is 19.0. The van der Waals surface area contributed by atoms with Gasteiger partial charge in [0.2, 0.25) is 0 Å². The van der Waals surface area contributed by atoms with Crippen molar-refractivity contribution in [3.8, 4) is 5.75 Å². The molecule has 4 rings (SSSR count). The molecule has 0 unspecified atom stereocenters. The van der Waals surface area contributed by atoms with E-state index in [0.29, 0.717) is 18.8 Å². The number of rotatable bonds is 3. The summed E-state index contributed by atoms with van der Waals surface area (Å²) in [6, 6.07) is 14.1. The average molecular weight is 428 g/mol. The first kappa shape index (κ1) is 17.9. The lowest BCUT2D eigenvalue weighted by Crippen LogP contribution is -2.49. The topological polar surface area (TPSA) is 48.6 Å². The molecule has 2 heterocycles. The van der Waals surface area contributed by atoms with Crippen molar-refractivity contribution in [1.29, 1.82) is 0 Å². The molecule has 3 aromatic rings. The Kier molecular flexibility index (Phi) is 4.83. The highest BCUT2D eigenvalue weighted by molar-refractivity contribution is 9.10. The number of nitrogens with one attached hydrogen (secondary N) is 1. The van der Waals surface area contributed by atoms with Crippen LogP contribution >= 0.6 is 15.9 Å². The summed E-state index contributed by atoms with van der Waals surface area (Å²) in [6.07, 6.45) is 0. The van der Waals surface area contributed by atoms with Crippen LogP contribution in [0.15, 0.2) is 46.9 Å². The molecule has 0 aliphatic carbocycles. The Morgan fingerprint density at radius 2 is 1.85 bits per heavy atom. The number of halogens is 1. The largest absolute Gasteiger partial charge is 0.495 e. The lowest BCUT2D eigenvalue weighted by Gasteiger charge is -2.36. The minimum atomic E-state index is 0.0690. The fourth-order valence-corrected chi connectivity index (χ4v) is 4.07. The number of hydrogen-bond acceptors (Lipinski definition) is 3. The monoisotopic (exact) mass is 427 g/mol. The van der Waals surface area contributed by atoms with Crippen molar-refractivity contribution in [2.75, 3.05) is 38.2 Å². The molecule has 140 valence electrons. The minimum Gasteiger partial charge on any atom is -0.495 e. The van der Waals surface area contributed by atoms with E-state index in [1.54, 1.807) is 7.11 Å². The van der Waals surface area contributed by atoms with Crippen molar-refractivity contribution in [1.82, 2.24) is 9.88 Å². The van der Waals surface area contributed by atoms with Crippen LogP contribution in [-0.4, -0.2) is 49.1 Å². The van der Waals surface area contributed by atoms with E-state index in [2.05, 4.69) is 37.9 Å². The molecule has 0 radical (unpaired) electrons. The minimum absolute atomic E-state index is 0.0690. The lowest BCUT2D eigenvalue weighted by atomic mass is 10.1. The van der Waals surface area contributed by atoms with E-state index in [4.69, 9.17) is 4.74 Å². The molecule has 5 nitrogen and oxygen atoms in total. The third kappa shape index (κ3) is 3.30. The van der Waals surface area contributed by atoms with Gasteiger partial charge in [-0.1, -0.05) is 28.1 Å². The molecule has 0 spiro atoms. The standard InChI is InChI=1S/C21H22BrN3O2/c1-14-16-13-15(22)7-8-17(16)23-20(14)21(26)25-11-9-24(10-12-25)18-5-3-4-6-19(18)27-2/h3-8,13,23H,9-12H2,1-2H3. The molecular weight excluding hydrogens is 406 g/mol. The third-order valence-electron chi connectivity index (χ3n) is 5.23. The quantitative estimate of drug-likeness (QED) is 0.680. The van der Waals surface area contributed by atoms with Gasteiger partial charge in [-0.2, -0.15) is 0 Å². The number of aromatic nitrogens is 1. The van der Waals surface area contributed by atoms with E-state index in [-0.39, 0.29) is 5.91 Å².